The highest BCUT2D eigenvalue weighted by Gasteiger charge is 2.16. The molecule has 2 amide bonds. The van der Waals surface area contributed by atoms with Gasteiger partial charge in [0.05, 0.1) is 18.0 Å². The Morgan fingerprint density at radius 2 is 1.86 bits per heavy atom. The van der Waals surface area contributed by atoms with Crippen LogP contribution in [0.2, 0.25) is 5.02 Å². The molecule has 3 rings (SSSR count). The zero-order chi connectivity index (χ0) is 20.8. The van der Waals surface area contributed by atoms with Gasteiger partial charge in [0.25, 0.3) is 0 Å². The largest absolute Gasteiger partial charge is 0.336 e. The molecule has 0 unspecified atom stereocenters. The average Bonchev–Trinajstić information content (AvgIpc) is 3.17. The Bertz CT molecular complexity index is 996. The molecule has 0 radical (unpaired) electrons. The minimum absolute atomic E-state index is 0.0499. The molecule has 11 heteroatoms. The molecule has 1 N–H and O–H groups in total. The number of carbonyl (C=O) groups is 2. The van der Waals surface area contributed by atoms with E-state index in [-0.39, 0.29) is 24.1 Å². The van der Waals surface area contributed by atoms with E-state index in [0.717, 1.165) is 11.8 Å². The monoisotopic (exact) mass is 434 g/mol. The summed E-state index contributed by atoms with van der Waals surface area (Å²) in [6.07, 6.45) is 0. The van der Waals surface area contributed by atoms with Crippen LogP contribution in [0.4, 0.5) is 10.1 Å². The highest BCUT2D eigenvalue weighted by molar-refractivity contribution is 7.99. The van der Waals surface area contributed by atoms with E-state index in [1.54, 1.807) is 24.3 Å². The molecule has 1 heterocycles. The Morgan fingerprint density at radius 1 is 1.17 bits per heavy atom. The van der Waals surface area contributed by atoms with Crippen LogP contribution < -0.4 is 5.32 Å². The molecular formula is C18H16ClFN6O2S. The number of anilines is 1. The molecule has 29 heavy (non-hydrogen) atoms. The summed E-state index contributed by atoms with van der Waals surface area (Å²) in [5, 5.41) is 15.1. The Kier molecular flexibility index (Phi) is 6.78. The van der Waals surface area contributed by atoms with Crippen molar-refractivity contribution in [3.8, 4) is 5.69 Å². The van der Waals surface area contributed by atoms with Gasteiger partial charge in [0.1, 0.15) is 5.82 Å². The number of nitrogens with one attached hydrogen (secondary N) is 1. The van der Waals surface area contributed by atoms with Crippen molar-refractivity contribution in [3.05, 3.63) is 59.4 Å². The molecule has 0 saturated heterocycles. The van der Waals surface area contributed by atoms with Crippen LogP contribution in [0.5, 0.6) is 0 Å². The van der Waals surface area contributed by atoms with Crippen molar-refractivity contribution >= 4 is 40.9 Å². The molecule has 0 atom stereocenters. The fourth-order valence-electron chi connectivity index (χ4n) is 2.29. The molecule has 0 aliphatic heterocycles. The van der Waals surface area contributed by atoms with Crippen molar-refractivity contribution in [1.82, 2.24) is 25.1 Å². The van der Waals surface area contributed by atoms with Crippen molar-refractivity contribution in [2.75, 3.05) is 24.7 Å². The molecule has 2 aromatic carbocycles. The van der Waals surface area contributed by atoms with Crippen LogP contribution >= 0.6 is 23.4 Å². The first kappa shape index (κ1) is 20.7. The van der Waals surface area contributed by atoms with Gasteiger partial charge in [-0.2, -0.15) is 4.68 Å². The number of halogens is 2. The number of likely N-dealkylation sites (N-methyl/N-ethyl adjacent to an activating group) is 1. The van der Waals surface area contributed by atoms with Gasteiger partial charge < -0.3 is 10.2 Å². The summed E-state index contributed by atoms with van der Waals surface area (Å²) in [5.41, 5.74) is 1.16. The predicted molar refractivity (Wildman–Crippen MR) is 108 cm³/mol. The van der Waals surface area contributed by atoms with E-state index in [4.69, 9.17) is 11.6 Å². The van der Waals surface area contributed by atoms with E-state index < -0.39 is 5.82 Å². The lowest BCUT2D eigenvalue weighted by Gasteiger charge is -2.16. The number of tetrazole rings is 1. The van der Waals surface area contributed by atoms with Gasteiger partial charge in [-0.25, -0.2) is 4.39 Å². The summed E-state index contributed by atoms with van der Waals surface area (Å²) in [6.45, 7) is -0.140. The van der Waals surface area contributed by atoms with Gasteiger partial charge in [0.2, 0.25) is 17.0 Å². The third kappa shape index (κ3) is 5.75. The van der Waals surface area contributed by atoms with Crippen molar-refractivity contribution < 1.29 is 14.0 Å². The van der Waals surface area contributed by atoms with Crippen molar-refractivity contribution in [2.24, 2.45) is 0 Å². The van der Waals surface area contributed by atoms with Crippen molar-refractivity contribution in [3.63, 3.8) is 0 Å². The first-order chi connectivity index (χ1) is 13.9. The average molecular weight is 435 g/mol. The van der Waals surface area contributed by atoms with Gasteiger partial charge >= 0.3 is 0 Å². The van der Waals surface area contributed by atoms with Gasteiger partial charge in [-0.1, -0.05) is 23.4 Å². The Balaban J connectivity index is 1.53. The van der Waals surface area contributed by atoms with Crippen LogP contribution in [0.25, 0.3) is 5.69 Å². The number of aromatic nitrogens is 4. The van der Waals surface area contributed by atoms with Crippen LogP contribution in [0, 0.1) is 5.82 Å². The smallest absolute Gasteiger partial charge is 0.243 e. The van der Waals surface area contributed by atoms with E-state index in [0.29, 0.717) is 21.6 Å². The number of hydrogen-bond donors (Lipinski definition) is 1. The third-order valence-electron chi connectivity index (χ3n) is 3.77. The van der Waals surface area contributed by atoms with E-state index in [9.17, 15) is 14.0 Å². The summed E-state index contributed by atoms with van der Waals surface area (Å²) in [7, 11) is 1.52. The van der Waals surface area contributed by atoms with E-state index in [2.05, 4.69) is 20.8 Å². The van der Waals surface area contributed by atoms with Gasteiger partial charge in [0.15, 0.2) is 0 Å². The second-order valence-corrected chi connectivity index (χ2v) is 7.32. The molecule has 150 valence electrons. The standard InChI is InChI=1S/C18H16ClFN6O2S/c1-25(10-16(27)21-14-6-4-13(20)5-7-14)17(28)11-29-18-22-23-24-26(18)15-8-2-12(19)3-9-15/h2-9H,10-11H2,1H3,(H,21,27). The maximum absolute atomic E-state index is 12.9. The van der Waals surface area contributed by atoms with Gasteiger partial charge in [-0.05, 0) is 59.0 Å². The quantitative estimate of drug-likeness (QED) is 0.574. The Morgan fingerprint density at radius 3 is 2.55 bits per heavy atom. The molecule has 0 fully saturated rings. The second kappa shape index (κ2) is 9.48. The van der Waals surface area contributed by atoms with Crippen molar-refractivity contribution in [1.29, 1.82) is 0 Å². The van der Waals surface area contributed by atoms with Crippen LogP contribution in [-0.2, 0) is 9.59 Å². The summed E-state index contributed by atoms with van der Waals surface area (Å²) >= 11 is 7.04. The van der Waals surface area contributed by atoms with E-state index >= 15 is 0 Å². The number of rotatable bonds is 7. The lowest BCUT2D eigenvalue weighted by Crippen LogP contribution is -2.36. The molecule has 0 bridgehead atoms. The third-order valence-corrected chi connectivity index (χ3v) is 4.93. The molecular weight excluding hydrogens is 419 g/mol. The number of amides is 2. The summed E-state index contributed by atoms with van der Waals surface area (Å²) in [4.78, 5) is 25.7. The highest BCUT2D eigenvalue weighted by atomic mass is 35.5. The summed E-state index contributed by atoms with van der Waals surface area (Å²) < 4.78 is 14.4. The molecule has 0 saturated carbocycles. The van der Waals surface area contributed by atoms with Crippen LogP contribution in [0.15, 0.2) is 53.7 Å². The minimum atomic E-state index is -0.395. The SMILES string of the molecule is CN(CC(=O)Nc1ccc(F)cc1)C(=O)CSc1nnnn1-c1ccc(Cl)cc1. The predicted octanol–water partition coefficient (Wildman–Crippen LogP) is 2.64. The zero-order valence-corrected chi connectivity index (χ0v) is 16.8. The van der Waals surface area contributed by atoms with Gasteiger partial charge in [0, 0.05) is 17.8 Å². The first-order valence-electron chi connectivity index (χ1n) is 8.39. The number of carbonyl (C=O) groups excluding carboxylic acids is 2. The van der Waals surface area contributed by atoms with Crippen LogP contribution in [-0.4, -0.2) is 56.3 Å². The zero-order valence-electron chi connectivity index (χ0n) is 15.2. The topological polar surface area (TPSA) is 93.0 Å². The maximum Gasteiger partial charge on any atom is 0.243 e. The lowest BCUT2D eigenvalue weighted by atomic mass is 10.3. The van der Waals surface area contributed by atoms with E-state index in [1.165, 1.54) is 40.9 Å². The maximum atomic E-state index is 12.9. The van der Waals surface area contributed by atoms with Gasteiger partial charge in [-0.15, -0.1) is 5.10 Å². The molecule has 1 aromatic heterocycles. The summed E-state index contributed by atoms with van der Waals surface area (Å²) in [6, 6.07) is 12.3. The highest BCUT2D eigenvalue weighted by Crippen LogP contribution is 2.20. The normalized spacial score (nSPS) is 10.6. The summed E-state index contributed by atoms with van der Waals surface area (Å²) in [5.74, 6) is -1.000. The first-order valence-corrected chi connectivity index (χ1v) is 9.75. The van der Waals surface area contributed by atoms with Crippen LogP contribution in [0.1, 0.15) is 0 Å². The second-order valence-electron chi connectivity index (χ2n) is 5.94. The molecule has 0 spiro atoms. The molecule has 8 nitrogen and oxygen atoms in total. The Hall–Kier alpha value is -2.98. The molecule has 0 aliphatic carbocycles. The number of benzene rings is 2. The van der Waals surface area contributed by atoms with E-state index in [1.807, 2.05) is 0 Å². The lowest BCUT2D eigenvalue weighted by molar-refractivity contribution is -0.131. The number of thioether (sulfide) groups is 1. The fourth-order valence-corrected chi connectivity index (χ4v) is 3.24. The van der Waals surface area contributed by atoms with Crippen LogP contribution in [0.3, 0.4) is 0 Å². The minimum Gasteiger partial charge on any atom is -0.336 e. The molecule has 0 aliphatic rings. The van der Waals surface area contributed by atoms with Crippen molar-refractivity contribution in [2.45, 2.75) is 5.16 Å². The fraction of sp³-hybridized carbons (Fsp3) is 0.167. The number of hydrogen-bond acceptors (Lipinski definition) is 6. The molecule has 3 aromatic rings. The van der Waals surface area contributed by atoms with Gasteiger partial charge in [-0.3, -0.25) is 9.59 Å². The Labute approximate surface area is 175 Å². The number of nitrogens with zero attached hydrogens (tertiary/aromatic N) is 5.